The molecule has 98 valence electrons. The van der Waals surface area contributed by atoms with E-state index < -0.39 is 10.9 Å². The third kappa shape index (κ3) is 1.45. The van der Waals surface area contributed by atoms with Gasteiger partial charge in [0.05, 0.1) is 12.1 Å². The van der Waals surface area contributed by atoms with Gasteiger partial charge in [-0.3, -0.25) is 4.79 Å². The summed E-state index contributed by atoms with van der Waals surface area (Å²) in [4.78, 5) is 13.2. The molecule has 0 aromatic heterocycles. The van der Waals surface area contributed by atoms with Crippen LogP contribution in [0.15, 0.2) is 22.6 Å². The lowest BCUT2D eigenvalue weighted by Crippen LogP contribution is -2.74. The minimum atomic E-state index is -0.652. The van der Waals surface area contributed by atoms with E-state index in [1.165, 1.54) is 10.5 Å². The number of carbonyl (C=O) groups is 1. The smallest absolute Gasteiger partial charge is 0.242 e. The minimum Gasteiger partial charge on any atom is -0.390 e. The summed E-state index contributed by atoms with van der Waals surface area (Å²) in [5.74, 6) is 0.124. The Bertz CT molecular complexity index is 457. The summed E-state index contributed by atoms with van der Waals surface area (Å²) in [6.45, 7) is 4.09. The Morgan fingerprint density at radius 3 is 2.89 bits per heavy atom. The van der Waals surface area contributed by atoms with Crippen molar-refractivity contribution in [2.75, 3.05) is 0 Å². The summed E-state index contributed by atoms with van der Waals surface area (Å²) < 4.78 is -0.652. The van der Waals surface area contributed by atoms with E-state index in [1.807, 2.05) is 6.92 Å². The lowest BCUT2D eigenvalue weighted by atomic mass is 9.74. The van der Waals surface area contributed by atoms with E-state index >= 15 is 0 Å². The number of β-lactam (4-membered cyclic amide) rings is 1. The van der Waals surface area contributed by atoms with E-state index in [9.17, 15) is 9.90 Å². The largest absolute Gasteiger partial charge is 0.390 e. The summed E-state index contributed by atoms with van der Waals surface area (Å²) in [5.41, 5.74) is 1.21. The highest BCUT2D eigenvalue weighted by Crippen LogP contribution is 2.54. The number of amides is 1. The quantitative estimate of drug-likeness (QED) is 0.593. The third-order valence-corrected chi connectivity index (χ3v) is 6.13. The van der Waals surface area contributed by atoms with Gasteiger partial charge in [-0.1, -0.05) is 12.2 Å². The lowest BCUT2D eigenvalue weighted by Gasteiger charge is -2.49. The van der Waals surface area contributed by atoms with Gasteiger partial charge in [0.25, 0.3) is 0 Å². The van der Waals surface area contributed by atoms with Crippen LogP contribution >= 0.6 is 11.8 Å². The Kier molecular flexibility index (Phi) is 2.83. The van der Waals surface area contributed by atoms with Gasteiger partial charge in [-0.25, -0.2) is 0 Å². The molecule has 3 nitrogen and oxygen atoms in total. The Morgan fingerprint density at radius 2 is 2.33 bits per heavy atom. The lowest BCUT2D eigenvalue weighted by molar-refractivity contribution is -0.137. The average Bonchev–Trinajstić information content (AvgIpc) is 2.60. The van der Waals surface area contributed by atoms with Gasteiger partial charge < -0.3 is 10.4 Å². The van der Waals surface area contributed by atoms with Gasteiger partial charge in [0.2, 0.25) is 5.91 Å². The van der Waals surface area contributed by atoms with Crippen molar-refractivity contribution in [2.24, 2.45) is 5.92 Å². The number of fused-ring (bicyclic) bond motifs is 1. The van der Waals surface area contributed by atoms with Crippen LogP contribution in [0.1, 0.15) is 33.1 Å². The fourth-order valence-electron chi connectivity index (χ4n) is 3.26. The zero-order valence-electron chi connectivity index (χ0n) is 10.8. The van der Waals surface area contributed by atoms with E-state index in [0.29, 0.717) is 0 Å². The highest BCUT2D eigenvalue weighted by molar-refractivity contribution is 8.05. The van der Waals surface area contributed by atoms with E-state index in [2.05, 4.69) is 24.4 Å². The number of aliphatic hydroxyl groups excluding tert-OH is 1. The number of allylic oxidation sites excluding steroid dienone is 2. The highest BCUT2D eigenvalue weighted by Gasteiger charge is 2.65. The molecule has 4 heteroatoms. The van der Waals surface area contributed by atoms with Gasteiger partial charge in [0, 0.05) is 5.92 Å². The van der Waals surface area contributed by atoms with Gasteiger partial charge in [-0.2, -0.15) is 0 Å². The first-order chi connectivity index (χ1) is 8.57. The average molecular weight is 265 g/mol. The second-order valence-electron chi connectivity index (χ2n) is 5.51. The normalized spacial score (nSPS) is 40.3. The van der Waals surface area contributed by atoms with Crippen molar-refractivity contribution < 1.29 is 9.90 Å². The van der Waals surface area contributed by atoms with Crippen molar-refractivity contribution in [1.29, 1.82) is 0 Å². The van der Waals surface area contributed by atoms with Crippen molar-refractivity contribution in [3.8, 4) is 0 Å². The molecule has 0 radical (unpaired) electrons. The van der Waals surface area contributed by atoms with Gasteiger partial charge in [-0.05, 0) is 43.6 Å². The maximum absolute atomic E-state index is 12.1. The molecule has 4 atom stereocenters. The molecule has 18 heavy (non-hydrogen) atoms. The van der Waals surface area contributed by atoms with E-state index in [1.54, 1.807) is 11.8 Å². The van der Waals surface area contributed by atoms with Crippen molar-refractivity contribution in [3.63, 3.8) is 0 Å². The van der Waals surface area contributed by atoms with Gasteiger partial charge in [-0.15, -0.1) is 11.8 Å². The SMILES string of the molecule is CC1=C(C)[C@@H]2NC(=O)[C@]2([C@@H](O)C2C=CCCC2)S1. The monoisotopic (exact) mass is 265 g/mol. The van der Waals surface area contributed by atoms with Crippen LogP contribution in [0.5, 0.6) is 0 Å². The van der Waals surface area contributed by atoms with Gasteiger partial charge >= 0.3 is 0 Å². The van der Waals surface area contributed by atoms with Crippen LogP contribution < -0.4 is 5.32 Å². The molecule has 3 aliphatic rings. The minimum absolute atomic E-state index is 0.000161. The zero-order chi connectivity index (χ0) is 12.9. The number of thioether (sulfide) groups is 1. The number of carbonyl (C=O) groups excluding carboxylic acids is 1. The van der Waals surface area contributed by atoms with Crippen molar-refractivity contribution in [2.45, 2.75) is 50.0 Å². The standard InChI is InChI=1S/C14H19NO2S/c1-8-9(2)18-14(11(8)15-13(14)17)12(16)10-6-4-3-5-7-10/h4,6,10-12,16H,3,5,7H2,1-2H3,(H,15,17)/t10?,11-,12-,14-/m0/s1. The molecule has 1 unspecified atom stereocenters. The van der Waals surface area contributed by atoms with Crippen LogP contribution in [0.25, 0.3) is 0 Å². The summed E-state index contributed by atoms with van der Waals surface area (Å²) in [6.07, 6.45) is 6.83. The highest BCUT2D eigenvalue weighted by atomic mass is 32.2. The van der Waals surface area contributed by atoms with Crippen molar-refractivity contribution in [3.05, 3.63) is 22.6 Å². The molecular formula is C14H19NO2S. The molecule has 0 saturated carbocycles. The predicted octanol–water partition coefficient (Wildman–Crippen LogP) is 1.98. The Balaban J connectivity index is 1.88. The summed E-state index contributed by atoms with van der Waals surface area (Å²) >= 11 is 1.56. The summed E-state index contributed by atoms with van der Waals surface area (Å²) in [6, 6.07) is 0.0281. The molecule has 3 rings (SSSR count). The predicted molar refractivity (Wildman–Crippen MR) is 73.1 cm³/mol. The van der Waals surface area contributed by atoms with E-state index in [-0.39, 0.29) is 17.9 Å². The van der Waals surface area contributed by atoms with Crippen LogP contribution in [0.4, 0.5) is 0 Å². The number of aliphatic hydroxyl groups is 1. The molecule has 2 aliphatic heterocycles. The van der Waals surface area contributed by atoms with Crippen LogP contribution in [0, 0.1) is 5.92 Å². The molecule has 0 spiro atoms. The molecule has 1 amide bonds. The number of rotatable bonds is 2. The molecule has 0 bridgehead atoms. The Hall–Kier alpha value is -0.740. The zero-order valence-corrected chi connectivity index (χ0v) is 11.6. The van der Waals surface area contributed by atoms with Crippen LogP contribution in [0.3, 0.4) is 0 Å². The maximum atomic E-state index is 12.1. The molecular weight excluding hydrogens is 246 g/mol. The number of hydrogen-bond donors (Lipinski definition) is 2. The van der Waals surface area contributed by atoms with E-state index in [4.69, 9.17) is 0 Å². The fourth-order valence-corrected chi connectivity index (χ4v) is 4.85. The topological polar surface area (TPSA) is 49.3 Å². The second kappa shape index (κ2) is 4.14. The Labute approximate surface area is 112 Å². The first-order valence-corrected chi connectivity index (χ1v) is 7.41. The molecule has 2 heterocycles. The molecule has 1 saturated heterocycles. The van der Waals surface area contributed by atoms with Crippen LogP contribution in [-0.2, 0) is 4.79 Å². The summed E-state index contributed by atoms with van der Waals surface area (Å²) in [7, 11) is 0. The fraction of sp³-hybridized carbons (Fsp3) is 0.643. The second-order valence-corrected chi connectivity index (χ2v) is 7.00. The van der Waals surface area contributed by atoms with E-state index in [0.717, 1.165) is 19.3 Å². The third-order valence-electron chi connectivity index (χ3n) is 4.51. The van der Waals surface area contributed by atoms with Crippen molar-refractivity contribution >= 4 is 17.7 Å². The molecule has 0 aromatic carbocycles. The van der Waals surface area contributed by atoms with Gasteiger partial charge in [0.15, 0.2) is 0 Å². The Morgan fingerprint density at radius 1 is 1.56 bits per heavy atom. The maximum Gasteiger partial charge on any atom is 0.242 e. The molecule has 0 aromatic rings. The summed E-state index contributed by atoms with van der Waals surface area (Å²) in [5, 5.41) is 13.6. The molecule has 1 aliphatic carbocycles. The first-order valence-electron chi connectivity index (χ1n) is 6.59. The van der Waals surface area contributed by atoms with Crippen molar-refractivity contribution in [1.82, 2.24) is 5.32 Å². The molecule has 1 fully saturated rings. The molecule has 2 N–H and O–H groups in total. The van der Waals surface area contributed by atoms with Gasteiger partial charge in [0.1, 0.15) is 4.75 Å². The van der Waals surface area contributed by atoms with Crippen LogP contribution in [0.2, 0.25) is 0 Å². The number of hydrogen-bond acceptors (Lipinski definition) is 3. The first kappa shape index (κ1) is 12.3. The van der Waals surface area contributed by atoms with Crippen LogP contribution in [-0.4, -0.2) is 27.9 Å². The number of nitrogens with one attached hydrogen (secondary N) is 1.